The maximum atomic E-state index is 11.8. The highest BCUT2D eigenvalue weighted by molar-refractivity contribution is 5.96. The van der Waals surface area contributed by atoms with Crippen molar-refractivity contribution < 1.29 is 14.5 Å². The minimum Gasteiger partial charge on any atom is -0.423 e. The molecule has 0 fully saturated rings. The summed E-state index contributed by atoms with van der Waals surface area (Å²) in [6.45, 7) is 0. The number of carbonyl (C=O) groups is 1. The van der Waals surface area contributed by atoms with Gasteiger partial charge in [0, 0.05) is 17.8 Å². The van der Waals surface area contributed by atoms with Crippen LogP contribution in [0.2, 0.25) is 0 Å². The Morgan fingerprint density at radius 3 is 2.32 bits per heavy atom. The number of hydrogen-bond acceptors (Lipinski definition) is 5. The van der Waals surface area contributed by atoms with E-state index >= 15 is 0 Å². The van der Waals surface area contributed by atoms with Crippen molar-refractivity contribution in [2.24, 2.45) is 0 Å². The van der Waals surface area contributed by atoms with Gasteiger partial charge >= 0.3 is 5.97 Å². The number of esters is 1. The zero-order valence-electron chi connectivity index (χ0n) is 9.78. The summed E-state index contributed by atoms with van der Waals surface area (Å²) in [6.07, 6.45) is 0. The Labute approximate surface area is 108 Å². The normalized spacial score (nSPS) is 9.89. The molecule has 0 saturated carbocycles. The van der Waals surface area contributed by atoms with Gasteiger partial charge in [0.05, 0.1) is 10.5 Å². The van der Waals surface area contributed by atoms with Crippen molar-refractivity contribution >= 4 is 17.3 Å². The molecule has 0 atom stereocenters. The number of ether oxygens (including phenoxy) is 1. The number of carbonyl (C=O) groups excluding carboxylic acids is 1. The summed E-state index contributed by atoms with van der Waals surface area (Å²) in [4.78, 5) is 21.8. The van der Waals surface area contributed by atoms with E-state index in [-0.39, 0.29) is 17.0 Å². The third-order valence-electron chi connectivity index (χ3n) is 2.44. The summed E-state index contributed by atoms with van der Waals surface area (Å²) in [5.41, 5.74) is 6.14. The lowest BCUT2D eigenvalue weighted by atomic mass is 10.2. The molecule has 0 amide bonds. The standard InChI is InChI=1S/C13H10N2O4/c14-12-4-2-1-3-11(12)13(16)19-10-7-5-9(6-8-10)15(17)18/h1-8H,14H2. The van der Waals surface area contributed by atoms with E-state index in [1.54, 1.807) is 24.3 Å². The van der Waals surface area contributed by atoms with E-state index in [4.69, 9.17) is 10.5 Å². The highest BCUT2D eigenvalue weighted by Crippen LogP contribution is 2.19. The molecule has 0 heterocycles. The van der Waals surface area contributed by atoms with Crippen molar-refractivity contribution in [2.75, 3.05) is 5.73 Å². The van der Waals surface area contributed by atoms with Crippen LogP contribution in [-0.2, 0) is 0 Å². The van der Waals surface area contributed by atoms with E-state index in [0.29, 0.717) is 5.69 Å². The molecule has 2 N–H and O–H groups in total. The molecule has 0 aliphatic rings. The number of nitrogens with two attached hydrogens (primary N) is 1. The molecular weight excluding hydrogens is 248 g/mol. The van der Waals surface area contributed by atoms with Crippen molar-refractivity contribution in [3.8, 4) is 5.75 Å². The van der Waals surface area contributed by atoms with Gasteiger partial charge in [-0.25, -0.2) is 4.79 Å². The molecular formula is C13H10N2O4. The summed E-state index contributed by atoms with van der Waals surface area (Å²) < 4.78 is 5.07. The minimum absolute atomic E-state index is 0.0703. The van der Waals surface area contributed by atoms with E-state index in [9.17, 15) is 14.9 Å². The summed E-state index contributed by atoms with van der Waals surface area (Å²) in [7, 11) is 0. The Morgan fingerprint density at radius 2 is 1.74 bits per heavy atom. The summed E-state index contributed by atoms with van der Waals surface area (Å²) >= 11 is 0. The Hall–Kier alpha value is -2.89. The van der Waals surface area contributed by atoms with Crippen LogP contribution in [0, 0.1) is 10.1 Å². The van der Waals surface area contributed by atoms with Crippen LogP contribution in [0.1, 0.15) is 10.4 Å². The molecule has 0 spiro atoms. The first-order valence-corrected chi connectivity index (χ1v) is 5.39. The Morgan fingerprint density at radius 1 is 1.11 bits per heavy atom. The number of rotatable bonds is 3. The molecule has 0 aliphatic carbocycles. The van der Waals surface area contributed by atoms with Gasteiger partial charge < -0.3 is 10.5 Å². The molecule has 0 aromatic heterocycles. The average Bonchev–Trinajstić information content (AvgIpc) is 2.39. The Bertz CT molecular complexity index is 623. The van der Waals surface area contributed by atoms with Gasteiger partial charge in [-0.2, -0.15) is 0 Å². The molecule has 2 aromatic rings. The van der Waals surface area contributed by atoms with Crippen LogP contribution in [0.15, 0.2) is 48.5 Å². The van der Waals surface area contributed by atoms with E-state index in [1.165, 1.54) is 24.3 Å². The molecule has 0 saturated heterocycles. The predicted molar refractivity (Wildman–Crippen MR) is 68.9 cm³/mol. The van der Waals surface area contributed by atoms with Gasteiger partial charge in [-0.3, -0.25) is 10.1 Å². The lowest BCUT2D eigenvalue weighted by Gasteiger charge is -2.05. The number of nitro benzene ring substituents is 1. The van der Waals surface area contributed by atoms with Gasteiger partial charge in [-0.1, -0.05) is 12.1 Å². The maximum absolute atomic E-state index is 11.8. The van der Waals surface area contributed by atoms with Crippen LogP contribution >= 0.6 is 0 Å². The van der Waals surface area contributed by atoms with Gasteiger partial charge in [-0.15, -0.1) is 0 Å². The van der Waals surface area contributed by atoms with Crippen LogP contribution in [0.3, 0.4) is 0 Å². The van der Waals surface area contributed by atoms with Crippen LogP contribution in [-0.4, -0.2) is 10.9 Å². The zero-order valence-corrected chi connectivity index (χ0v) is 9.78. The van der Waals surface area contributed by atoms with Crippen molar-refractivity contribution in [1.29, 1.82) is 0 Å². The zero-order chi connectivity index (χ0) is 13.8. The smallest absolute Gasteiger partial charge is 0.345 e. The number of anilines is 1. The summed E-state index contributed by atoms with van der Waals surface area (Å²) in [6, 6.07) is 11.7. The lowest BCUT2D eigenvalue weighted by Crippen LogP contribution is -2.10. The lowest BCUT2D eigenvalue weighted by molar-refractivity contribution is -0.384. The quantitative estimate of drug-likeness (QED) is 0.300. The second-order valence-electron chi connectivity index (χ2n) is 3.73. The van der Waals surface area contributed by atoms with Crippen LogP contribution in [0.25, 0.3) is 0 Å². The third kappa shape index (κ3) is 2.86. The highest BCUT2D eigenvalue weighted by Gasteiger charge is 2.12. The van der Waals surface area contributed by atoms with Crippen molar-refractivity contribution in [1.82, 2.24) is 0 Å². The molecule has 2 rings (SSSR count). The molecule has 0 radical (unpaired) electrons. The van der Waals surface area contributed by atoms with E-state index in [2.05, 4.69) is 0 Å². The van der Waals surface area contributed by atoms with Crippen molar-refractivity contribution in [3.63, 3.8) is 0 Å². The first kappa shape index (κ1) is 12.6. The largest absolute Gasteiger partial charge is 0.423 e. The molecule has 6 heteroatoms. The van der Waals surface area contributed by atoms with Crippen LogP contribution in [0.4, 0.5) is 11.4 Å². The molecule has 0 unspecified atom stereocenters. The minimum atomic E-state index is -0.605. The third-order valence-corrected chi connectivity index (χ3v) is 2.44. The fraction of sp³-hybridized carbons (Fsp3) is 0. The molecule has 19 heavy (non-hydrogen) atoms. The number of non-ortho nitro benzene ring substituents is 1. The molecule has 96 valence electrons. The SMILES string of the molecule is Nc1ccccc1C(=O)Oc1ccc([N+](=O)[O-])cc1. The average molecular weight is 258 g/mol. The van der Waals surface area contributed by atoms with E-state index < -0.39 is 10.9 Å². The topological polar surface area (TPSA) is 95.5 Å². The van der Waals surface area contributed by atoms with Gasteiger partial charge in [0.25, 0.3) is 5.69 Å². The second-order valence-corrected chi connectivity index (χ2v) is 3.73. The number of benzene rings is 2. The van der Waals surface area contributed by atoms with Crippen molar-refractivity contribution in [3.05, 3.63) is 64.2 Å². The van der Waals surface area contributed by atoms with Crippen LogP contribution in [0.5, 0.6) is 5.75 Å². The van der Waals surface area contributed by atoms with Gasteiger partial charge in [0.1, 0.15) is 5.75 Å². The molecule has 2 aromatic carbocycles. The number of nitro groups is 1. The summed E-state index contributed by atoms with van der Waals surface area (Å²) in [5.74, 6) is -0.384. The molecule has 0 aliphatic heterocycles. The Kier molecular flexibility index (Phi) is 3.42. The van der Waals surface area contributed by atoms with E-state index in [0.717, 1.165) is 0 Å². The summed E-state index contributed by atoms with van der Waals surface area (Å²) in [5, 5.41) is 10.5. The molecule has 0 bridgehead atoms. The number of nitrogens with zero attached hydrogens (tertiary/aromatic N) is 1. The van der Waals surface area contributed by atoms with Crippen LogP contribution < -0.4 is 10.5 Å². The molecule has 6 nitrogen and oxygen atoms in total. The van der Waals surface area contributed by atoms with Crippen molar-refractivity contribution in [2.45, 2.75) is 0 Å². The van der Waals surface area contributed by atoms with Gasteiger partial charge in [-0.05, 0) is 24.3 Å². The maximum Gasteiger partial charge on any atom is 0.345 e. The first-order valence-electron chi connectivity index (χ1n) is 5.39. The first-order chi connectivity index (χ1) is 9.08. The van der Waals surface area contributed by atoms with Gasteiger partial charge in [0.15, 0.2) is 0 Å². The monoisotopic (exact) mass is 258 g/mol. The van der Waals surface area contributed by atoms with E-state index in [1.807, 2.05) is 0 Å². The predicted octanol–water partition coefficient (Wildman–Crippen LogP) is 2.40. The number of para-hydroxylation sites is 1. The number of hydrogen-bond donors (Lipinski definition) is 1. The second kappa shape index (κ2) is 5.18. The fourth-order valence-electron chi connectivity index (χ4n) is 1.48. The van der Waals surface area contributed by atoms with Gasteiger partial charge in [0.2, 0.25) is 0 Å². The fourth-order valence-corrected chi connectivity index (χ4v) is 1.48. The highest BCUT2D eigenvalue weighted by atomic mass is 16.6. The Balaban J connectivity index is 2.15. The number of nitrogen functional groups attached to an aromatic ring is 1.